The van der Waals surface area contributed by atoms with Gasteiger partial charge in [-0.3, -0.25) is 28.5 Å². The number of aromatic nitrogens is 4. The van der Waals surface area contributed by atoms with Crippen LogP contribution in [0.2, 0.25) is 0 Å². The highest BCUT2D eigenvalue weighted by Crippen LogP contribution is 2.40. The molecule has 3 amide bonds. The van der Waals surface area contributed by atoms with Crippen LogP contribution in [-0.2, 0) is 32.8 Å². The Balaban J connectivity index is 1.55. The number of benzene rings is 2. The maximum atomic E-state index is 12.8. The molecular formula is C29H30N8O5. The second-order valence-corrected chi connectivity index (χ2v) is 10.3. The molecule has 1 fully saturated rings. The number of nitrogens with one attached hydrogen (secondary N) is 2. The van der Waals surface area contributed by atoms with E-state index in [0.29, 0.717) is 37.0 Å². The minimum Gasteiger partial charge on any atom is -0.480 e. The van der Waals surface area contributed by atoms with Crippen molar-refractivity contribution in [3.05, 3.63) is 47.8 Å². The van der Waals surface area contributed by atoms with E-state index in [0.717, 1.165) is 33.1 Å². The summed E-state index contributed by atoms with van der Waals surface area (Å²) in [5.41, 5.74) is 4.35. The number of carboxylic acids is 1. The third-order valence-corrected chi connectivity index (χ3v) is 7.60. The molecule has 0 saturated carbocycles. The van der Waals surface area contributed by atoms with Crippen LogP contribution in [0.3, 0.4) is 0 Å². The number of nitriles is 1. The summed E-state index contributed by atoms with van der Waals surface area (Å²) in [5.74, 6) is -2.23. The van der Waals surface area contributed by atoms with E-state index in [1.807, 2.05) is 42.3 Å². The van der Waals surface area contributed by atoms with Crippen LogP contribution in [0.4, 0.5) is 0 Å². The number of carboxylic acid groups (broad SMARTS) is 1. The number of nitrogens with zero attached hydrogens (tertiary/aromatic N) is 6. The number of aliphatic carboxylic acids is 1. The van der Waals surface area contributed by atoms with Crippen molar-refractivity contribution in [2.45, 2.75) is 32.2 Å². The molecule has 2 aromatic carbocycles. The van der Waals surface area contributed by atoms with Crippen LogP contribution in [0, 0.1) is 11.3 Å². The minimum atomic E-state index is -1.18. The highest BCUT2D eigenvalue weighted by molar-refractivity contribution is 6.01. The van der Waals surface area contributed by atoms with Gasteiger partial charge in [0, 0.05) is 49.3 Å². The molecule has 3 heterocycles. The van der Waals surface area contributed by atoms with Crippen LogP contribution in [0.1, 0.15) is 36.9 Å². The molecule has 13 nitrogen and oxygen atoms in total. The van der Waals surface area contributed by atoms with Crippen molar-refractivity contribution >= 4 is 45.5 Å². The first-order valence-electron chi connectivity index (χ1n) is 13.5. The van der Waals surface area contributed by atoms with Gasteiger partial charge in [0.15, 0.2) is 0 Å². The first kappa shape index (κ1) is 28.3. The number of likely N-dealkylation sites (tertiary alicyclic amines) is 1. The third-order valence-electron chi connectivity index (χ3n) is 7.60. The molecule has 1 aliphatic rings. The Morgan fingerprint density at radius 2 is 1.79 bits per heavy atom. The largest absolute Gasteiger partial charge is 0.480 e. The van der Waals surface area contributed by atoms with E-state index in [9.17, 15) is 24.4 Å². The Morgan fingerprint density at radius 3 is 2.48 bits per heavy atom. The lowest BCUT2D eigenvalue weighted by atomic mass is 9.88. The summed E-state index contributed by atoms with van der Waals surface area (Å²) >= 11 is 0. The third kappa shape index (κ3) is 5.64. The standard InChI is InChI=1S/C29H30N8O5/c1-17(38)36-8-6-18(7-9-36)29-28-21(22-11-24-20(10-19(22)12-30)13-33-35(24)2)4-3-5-23(28)37(34-29)16-26(40)31-14-25(39)32-15-27(41)42/h3-5,10-11,13,18H,6-9,14-16H2,1-2H3,(H,31,40)(H,32,39)(H,41,42). The Morgan fingerprint density at radius 1 is 1.05 bits per heavy atom. The molecule has 0 radical (unpaired) electrons. The maximum absolute atomic E-state index is 12.8. The Bertz CT molecular complexity index is 1760. The minimum absolute atomic E-state index is 0.0151. The first-order valence-corrected chi connectivity index (χ1v) is 13.5. The van der Waals surface area contributed by atoms with Crippen molar-refractivity contribution in [3.63, 3.8) is 0 Å². The summed E-state index contributed by atoms with van der Waals surface area (Å²) in [6.07, 6.45) is 3.11. The fourth-order valence-electron chi connectivity index (χ4n) is 5.48. The first-order chi connectivity index (χ1) is 20.2. The lowest BCUT2D eigenvalue weighted by Crippen LogP contribution is -2.40. The van der Waals surface area contributed by atoms with Crippen LogP contribution in [0.15, 0.2) is 36.5 Å². The van der Waals surface area contributed by atoms with Gasteiger partial charge in [-0.1, -0.05) is 12.1 Å². The average molecular weight is 571 g/mol. The quantitative estimate of drug-likeness (QED) is 0.286. The van der Waals surface area contributed by atoms with Gasteiger partial charge in [0.05, 0.1) is 41.1 Å². The van der Waals surface area contributed by atoms with E-state index >= 15 is 0 Å². The van der Waals surface area contributed by atoms with Crippen molar-refractivity contribution in [1.82, 2.24) is 35.1 Å². The highest BCUT2D eigenvalue weighted by atomic mass is 16.4. The number of carbonyl (C=O) groups is 4. The van der Waals surface area contributed by atoms with Crippen molar-refractivity contribution < 1.29 is 24.3 Å². The molecule has 3 N–H and O–H groups in total. The summed E-state index contributed by atoms with van der Waals surface area (Å²) in [5, 5.41) is 34.4. The molecule has 0 atom stereocenters. The van der Waals surface area contributed by atoms with E-state index in [4.69, 9.17) is 10.2 Å². The van der Waals surface area contributed by atoms with Gasteiger partial charge in [0.2, 0.25) is 17.7 Å². The van der Waals surface area contributed by atoms with Crippen LogP contribution in [0.25, 0.3) is 32.9 Å². The Kier molecular flexibility index (Phi) is 7.88. The fourth-order valence-corrected chi connectivity index (χ4v) is 5.48. The molecule has 0 aliphatic carbocycles. The van der Waals surface area contributed by atoms with Gasteiger partial charge in [0.25, 0.3) is 0 Å². The average Bonchev–Trinajstić information content (AvgIpc) is 3.54. The van der Waals surface area contributed by atoms with Gasteiger partial charge in [-0.05, 0) is 36.6 Å². The van der Waals surface area contributed by atoms with Crippen LogP contribution >= 0.6 is 0 Å². The van der Waals surface area contributed by atoms with Crippen molar-refractivity contribution in [3.8, 4) is 17.2 Å². The van der Waals surface area contributed by atoms with Crippen LogP contribution in [-0.4, -0.2) is 79.4 Å². The second kappa shape index (κ2) is 11.7. The molecule has 0 bridgehead atoms. The number of carbonyl (C=O) groups excluding carboxylic acids is 3. The summed E-state index contributed by atoms with van der Waals surface area (Å²) in [7, 11) is 1.84. The van der Waals surface area contributed by atoms with Crippen LogP contribution in [0.5, 0.6) is 0 Å². The lowest BCUT2D eigenvalue weighted by molar-refractivity contribution is -0.137. The molecule has 13 heteroatoms. The fraction of sp³-hybridized carbons (Fsp3) is 0.345. The molecule has 1 aliphatic heterocycles. The second-order valence-electron chi connectivity index (χ2n) is 10.3. The van der Waals surface area contributed by atoms with E-state index in [1.54, 1.807) is 22.5 Å². The number of aryl methyl sites for hydroxylation is 1. The topological polar surface area (TPSA) is 175 Å². The van der Waals surface area contributed by atoms with E-state index in [-0.39, 0.29) is 24.9 Å². The van der Waals surface area contributed by atoms with Crippen LogP contribution < -0.4 is 10.6 Å². The van der Waals surface area contributed by atoms with Crippen molar-refractivity contribution in [2.75, 3.05) is 26.2 Å². The van der Waals surface area contributed by atoms with Gasteiger partial charge < -0.3 is 20.6 Å². The zero-order valence-corrected chi connectivity index (χ0v) is 23.3. The zero-order valence-electron chi connectivity index (χ0n) is 23.3. The van der Waals surface area contributed by atoms with Gasteiger partial charge in [-0.15, -0.1) is 0 Å². The lowest BCUT2D eigenvalue weighted by Gasteiger charge is -2.30. The summed E-state index contributed by atoms with van der Waals surface area (Å²) in [4.78, 5) is 49.2. The molecule has 42 heavy (non-hydrogen) atoms. The molecule has 1 saturated heterocycles. The molecule has 216 valence electrons. The van der Waals surface area contributed by atoms with Gasteiger partial charge in [-0.25, -0.2) is 0 Å². The number of piperidine rings is 1. The molecule has 0 spiro atoms. The molecular weight excluding hydrogens is 540 g/mol. The molecule has 4 aromatic rings. The predicted molar refractivity (Wildman–Crippen MR) is 152 cm³/mol. The molecule has 2 aromatic heterocycles. The smallest absolute Gasteiger partial charge is 0.322 e. The SMILES string of the molecule is CC(=O)N1CCC(c2nn(CC(=O)NCC(=O)NCC(=O)O)c3cccc(-c4cc5c(cnn5C)cc4C#N)c23)CC1. The van der Waals surface area contributed by atoms with E-state index < -0.39 is 24.3 Å². The van der Waals surface area contributed by atoms with Gasteiger partial charge in [-0.2, -0.15) is 15.5 Å². The molecule has 5 rings (SSSR count). The monoisotopic (exact) mass is 570 g/mol. The maximum Gasteiger partial charge on any atom is 0.322 e. The molecule has 0 unspecified atom stereocenters. The van der Waals surface area contributed by atoms with E-state index in [1.165, 1.54) is 0 Å². The summed E-state index contributed by atoms with van der Waals surface area (Å²) in [6, 6.07) is 11.7. The predicted octanol–water partition coefficient (Wildman–Crippen LogP) is 1.50. The zero-order chi connectivity index (χ0) is 30.0. The van der Waals surface area contributed by atoms with E-state index in [2.05, 4.69) is 21.8 Å². The number of fused-ring (bicyclic) bond motifs is 2. The number of hydrogen-bond acceptors (Lipinski definition) is 7. The Labute approximate surface area is 240 Å². The highest BCUT2D eigenvalue weighted by Gasteiger charge is 2.28. The summed E-state index contributed by atoms with van der Waals surface area (Å²) in [6.45, 7) is 1.65. The summed E-state index contributed by atoms with van der Waals surface area (Å²) < 4.78 is 3.34. The Hall–Kier alpha value is -5.25. The van der Waals surface area contributed by atoms with Crippen molar-refractivity contribution in [2.24, 2.45) is 7.05 Å². The van der Waals surface area contributed by atoms with Crippen molar-refractivity contribution in [1.29, 1.82) is 5.26 Å². The van der Waals surface area contributed by atoms with Gasteiger partial charge in [0.1, 0.15) is 13.1 Å². The normalized spacial score (nSPS) is 13.7. The number of rotatable bonds is 8. The number of amides is 3. The van der Waals surface area contributed by atoms with Gasteiger partial charge >= 0.3 is 5.97 Å². The number of hydrogen-bond donors (Lipinski definition) is 3.